The number of carbonyl (C=O) groups excluding carboxylic acids is 1. The molecule has 0 atom stereocenters. The van der Waals surface area contributed by atoms with Gasteiger partial charge < -0.3 is 5.32 Å². The predicted octanol–water partition coefficient (Wildman–Crippen LogP) is 3.51. The summed E-state index contributed by atoms with van der Waals surface area (Å²) in [5.41, 5.74) is 2.31. The maximum absolute atomic E-state index is 12.4. The van der Waals surface area contributed by atoms with E-state index in [1.165, 1.54) is 4.90 Å². The van der Waals surface area contributed by atoms with E-state index in [2.05, 4.69) is 5.32 Å². The van der Waals surface area contributed by atoms with E-state index in [0.717, 1.165) is 11.3 Å². The Bertz CT molecular complexity index is 751. The summed E-state index contributed by atoms with van der Waals surface area (Å²) in [4.78, 5) is 13.9. The first-order chi connectivity index (χ1) is 10.8. The average Bonchev–Trinajstić information content (AvgIpc) is 2.83. The second-order valence-electron chi connectivity index (χ2n) is 4.76. The largest absolute Gasteiger partial charge is 0.327 e. The fourth-order valence-corrected chi connectivity index (χ4v) is 2.48. The molecule has 0 radical (unpaired) electrons. The molecule has 108 valence electrons. The van der Waals surface area contributed by atoms with Crippen LogP contribution < -0.4 is 10.2 Å². The summed E-state index contributed by atoms with van der Waals surface area (Å²) in [7, 11) is 0. The molecule has 1 saturated heterocycles. The van der Waals surface area contributed by atoms with Crippen molar-refractivity contribution in [3.63, 3.8) is 0 Å². The second kappa shape index (κ2) is 6.37. The molecule has 3 nitrogen and oxygen atoms in total. The van der Waals surface area contributed by atoms with Crippen molar-refractivity contribution >= 4 is 35.0 Å². The number of carbonyl (C=O) groups is 1. The first-order valence-corrected chi connectivity index (χ1v) is 7.30. The third-order valence-electron chi connectivity index (χ3n) is 3.24. The van der Waals surface area contributed by atoms with Crippen LogP contribution in [0.4, 0.5) is 5.69 Å². The van der Waals surface area contributed by atoms with Gasteiger partial charge in [-0.2, -0.15) is 0 Å². The number of nitrogens with one attached hydrogen (secondary N) is 1. The van der Waals surface area contributed by atoms with Gasteiger partial charge in [0.1, 0.15) is 5.70 Å². The van der Waals surface area contributed by atoms with Crippen LogP contribution in [-0.4, -0.2) is 11.0 Å². The molecular formula is C18H14N2OS. The Hall–Kier alpha value is -2.72. The second-order valence-corrected chi connectivity index (χ2v) is 5.14. The number of hydrogen-bond acceptors (Lipinski definition) is 2. The number of rotatable bonds is 3. The number of amides is 1. The van der Waals surface area contributed by atoms with Crippen molar-refractivity contribution in [2.45, 2.75) is 0 Å². The summed E-state index contributed by atoms with van der Waals surface area (Å²) < 4.78 is 0. The third kappa shape index (κ3) is 2.97. The SMILES string of the molecule is O=C1/C(=C/C=C/c2ccccc2)NC(=S)N1c1ccccc1. The van der Waals surface area contributed by atoms with Gasteiger partial charge in [-0.3, -0.25) is 9.69 Å². The Morgan fingerprint density at radius 3 is 2.27 bits per heavy atom. The predicted molar refractivity (Wildman–Crippen MR) is 93.2 cm³/mol. The molecule has 2 aromatic carbocycles. The van der Waals surface area contributed by atoms with Crippen molar-refractivity contribution in [1.29, 1.82) is 0 Å². The first kappa shape index (κ1) is 14.2. The van der Waals surface area contributed by atoms with Gasteiger partial charge in [0, 0.05) is 0 Å². The number of allylic oxidation sites excluding steroid dienone is 2. The van der Waals surface area contributed by atoms with Gasteiger partial charge in [-0.15, -0.1) is 0 Å². The molecule has 0 aliphatic carbocycles. The molecule has 1 aliphatic rings. The van der Waals surface area contributed by atoms with Crippen LogP contribution in [0.15, 0.2) is 78.5 Å². The zero-order valence-corrected chi connectivity index (χ0v) is 12.6. The highest BCUT2D eigenvalue weighted by Crippen LogP contribution is 2.20. The van der Waals surface area contributed by atoms with E-state index in [-0.39, 0.29) is 5.91 Å². The van der Waals surface area contributed by atoms with E-state index in [1.807, 2.05) is 72.8 Å². The van der Waals surface area contributed by atoms with Crippen LogP contribution in [0.1, 0.15) is 5.56 Å². The highest BCUT2D eigenvalue weighted by molar-refractivity contribution is 7.80. The molecule has 2 aromatic rings. The molecule has 1 amide bonds. The zero-order chi connectivity index (χ0) is 15.4. The molecular weight excluding hydrogens is 292 g/mol. The van der Waals surface area contributed by atoms with Crippen LogP contribution in [0.3, 0.4) is 0 Å². The Labute approximate surface area is 134 Å². The zero-order valence-electron chi connectivity index (χ0n) is 11.8. The van der Waals surface area contributed by atoms with Crippen LogP contribution in [0.5, 0.6) is 0 Å². The highest BCUT2D eigenvalue weighted by atomic mass is 32.1. The number of hydrogen-bond donors (Lipinski definition) is 1. The summed E-state index contributed by atoms with van der Waals surface area (Å²) in [6.07, 6.45) is 5.52. The Kier molecular flexibility index (Phi) is 4.12. The molecule has 1 fully saturated rings. The Balaban J connectivity index is 1.79. The molecule has 0 unspecified atom stereocenters. The smallest absolute Gasteiger partial charge is 0.281 e. The topological polar surface area (TPSA) is 32.3 Å². The molecule has 0 bridgehead atoms. The summed E-state index contributed by atoms with van der Waals surface area (Å²) in [6.45, 7) is 0. The minimum atomic E-state index is -0.145. The number of para-hydroxylation sites is 1. The van der Waals surface area contributed by atoms with Gasteiger partial charge in [0.25, 0.3) is 5.91 Å². The summed E-state index contributed by atoms with van der Waals surface area (Å²) in [5.74, 6) is -0.145. The van der Waals surface area contributed by atoms with E-state index < -0.39 is 0 Å². The van der Waals surface area contributed by atoms with E-state index in [9.17, 15) is 4.79 Å². The maximum Gasteiger partial charge on any atom is 0.281 e. The summed E-state index contributed by atoms with van der Waals surface area (Å²) in [5, 5.41) is 3.35. The van der Waals surface area contributed by atoms with E-state index in [1.54, 1.807) is 6.08 Å². The van der Waals surface area contributed by atoms with Gasteiger partial charge in [0.2, 0.25) is 0 Å². The quantitative estimate of drug-likeness (QED) is 0.696. The van der Waals surface area contributed by atoms with Crippen LogP contribution in [0.2, 0.25) is 0 Å². The molecule has 22 heavy (non-hydrogen) atoms. The average molecular weight is 306 g/mol. The van der Waals surface area contributed by atoms with Crippen LogP contribution in [0, 0.1) is 0 Å². The van der Waals surface area contributed by atoms with Gasteiger partial charge in [0.15, 0.2) is 5.11 Å². The van der Waals surface area contributed by atoms with Crippen LogP contribution >= 0.6 is 12.2 Å². The van der Waals surface area contributed by atoms with Crippen LogP contribution in [-0.2, 0) is 4.79 Å². The molecule has 1 heterocycles. The summed E-state index contributed by atoms with van der Waals surface area (Å²) >= 11 is 5.25. The van der Waals surface area contributed by atoms with Crippen molar-refractivity contribution in [3.8, 4) is 0 Å². The van der Waals surface area contributed by atoms with Crippen molar-refractivity contribution in [2.24, 2.45) is 0 Å². The molecule has 4 heteroatoms. The molecule has 0 aromatic heterocycles. The lowest BCUT2D eigenvalue weighted by Crippen LogP contribution is -2.30. The van der Waals surface area contributed by atoms with Crippen molar-refractivity contribution < 1.29 is 4.79 Å². The molecule has 1 aliphatic heterocycles. The highest BCUT2D eigenvalue weighted by Gasteiger charge is 2.31. The van der Waals surface area contributed by atoms with Gasteiger partial charge in [-0.05, 0) is 36.0 Å². The number of thiocarbonyl (C=S) groups is 1. The lowest BCUT2D eigenvalue weighted by atomic mass is 10.2. The minimum absolute atomic E-state index is 0.145. The number of anilines is 1. The molecule has 0 spiro atoms. The lowest BCUT2D eigenvalue weighted by Gasteiger charge is -2.13. The number of nitrogens with zero attached hydrogens (tertiary/aromatic N) is 1. The Morgan fingerprint density at radius 2 is 1.59 bits per heavy atom. The summed E-state index contributed by atoms with van der Waals surface area (Å²) in [6, 6.07) is 19.3. The van der Waals surface area contributed by atoms with E-state index in [0.29, 0.717) is 10.8 Å². The minimum Gasteiger partial charge on any atom is -0.327 e. The van der Waals surface area contributed by atoms with Gasteiger partial charge >= 0.3 is 0 Å². The van der Waals surface area contributed by atoms with Crippen molar-refractivity contribution in [3.05, 3.63) is 84.1 Å². The normalized spacial score (nSPS) is 16.5. The van der Waals surface area contributed by atoms with Gasteiger partial charge in [-0.25, -0.2) is 0 Å². The third-order valence-corrected chi connectivity index (χ3v) is 3.53. The molecule has 0 saturated carbocycles. The van der Waals surface area contributed by atoms with Gasteiger partial charge in [0.05, 0.1) is 5.69 Å². The van der Waals surface area contributed by atoms with E-state index in [4.69, 9.17) is 12.2 Å². The fraction of sp³-hybridized carbons (Fsp3) is 0. The standard InChI is InChI=1S/C18H14N2OS/c21-17-16(13-7-10-14-8-3-1-4-9-14)19-18(22)20(17)15-11-5-2-6-12-15/h1-13H,(H,19,22)/b10-7+,16-13-. The number of benzene rings is 2. The molecule has 1 N–H and O–H groups in total. The van der Waals surface area contributed by atoms with E-state index >= 15 is 0 Å². The van der Waals surface area contributed by atoms with Crippen molar-refractivity contribution in [2.75, 3.05) is 4.90 Å². The van der Waals surface area contributed by atoms with Gasteiger partial charge in [-0.1, -0.05) is 60.7 Å². The van der Waals surface area contributed by atoms with Crippen molar-refractivity contribution in [1.82, 2.24) is 5.32 Å². The molecule has 3 rings (SSSR count). The first-order valence-electron chi connectivity index (χ1n) is 6.89. The Morgan fingerprint density at radius 1 is 0.955 bits per heavy atom. The fourth-order valence-electron chi connectivity index (χ4n) is 2.18. The maximum atomic E-state index is 12.4. The monoisotopic (exact) mass is 306 g/mol. The lowest BCUT2D eigenvalue weighted by molar-refractivity contribution is -0.113. The van der Waals surface area contributed by atoms with Crippen LogP contribution in [0.25, 0.3) is 6.08 Å².